The number of amides is 1. The minimum Gasteiger partial charge on any atom is -0.384 e. The monoisotopic (exact) mass is 659 g/mol. The van der Waals surface area contributed by atoms with Gasteiger partial charge in [-0.15, -0.1) is 0 Å². The van der Waals surface area contributed by atoms with Gasteiger partial charge < -0.3 is 25.0 Å². The lowest BCUT2D eigenvalue weighted by atomic mass is 10.1. The third kappa shape index (κ3) is 7.18. The summed E-state index contributed by atoms with van der Waals surface area (Å²) in [4.78, 5) is 17.9. The van der Waals surface area contributed by atoms with Gasteiger partial charge in [-0.05, 0) is 36.8 Å². The number of benzene rings is 2. The van der Waals surface area contributed by atoms with Gasteiger partial charge in [0.05, 0.1) is 23.7 Å². The Morgan fingerprint density at radius 3 is 2.61 bits per heavy atom. The zero-order chi connectivity index (χ0) is 32.3. The van der Waals surface area contributed by atoms with Crippen LogP contribution in [0.5, 0.6) is 0 Å². The third-order valence-electron chi connectivity index (χ3n) is 8.81. The van der Waals surface area contributed by atoms with Gasteiger partial charge in [0.2, 0.25) is 10.0 Å². The van der Waals surface area contributed by atoms with Crippen molar-refractivity contribution < 1.29 is 31.5 Å². The summed E-state index contributed by atoms with van der Waals surface area (Å²) in [5.41, 5.74) is 3.31. The fourth-order valence-corrected chi connectivity index (χ4v) is 7.55. The number of piperazine rings is 1. The van der Waals surface area contributed by atoms with Crippen molar-refractivity contribution in [3.63, 3.8) is 0 Å². The summed E-state index contributed by atoms with van der Waals surface area (Å²) >= 11 is 0. The van der Waals surface area contributed by atoms with Gasteiger partial charge in [0, 0.05) is 107 Å². The quantitative estimate of drug-likeness (QED) is 0.284. The van der Waals surface area contributed by atoms with Crippen molar-refractivity contribution in [1.82, 2.24) is 19.4 Å². The highest BCUT2D eigenvalue weighted by atomic mass is 32.2. The van der Waals surface area contributed by atoms with Crippen LogP contribution < -0.4 is 15.5 Å². The molecule has 46 heavy (non-hydrogen) atoms. The summed E-state index contributed by atoms with van der Waals surface area (Å²) in [5, 5.41) is 13.5. The third-order valence-corrected chi connectivity index (χ3v) is 10.6. The van der Waals surface area contributed by atoms with Crippen LogP contribution in [0.3, 0.4) is 0 Å². The zero-order valence-corrected chi connectivity index (χ0v) is 26.5. The normalized spacial score (nSPS) is 19.3. The molecular formula is C31H39F2N7O5S. The van der Waals surface area contributed by atoms with Crippen molar-refractivity contribution in [2.45, 2.75) is 24.3 Å². The van der Waals surface area contributed by atoms with E-state index in [-0.39, 0.29) is 18.9 Å². The van der Waals surface area contributed by atoms with Crippen molar-refractivity contribution in [2.24, 2.45) is 5.92 Å². The highest BCUT2D eigenvalue weighted by molar-refractivity contribution is 7.89. The maximum absolute atomic E-state index is 13.8. The van der Waals surface area contributed by atoms with E-state index in [0.29, 0.717) is 60.7 Å². The van der Waals surface area contributed by atoms with Crippen molar-refractivity contribution in [2.75, 3.05) is 88.3 Å². The number of anilines is 3. The molecule has 0 aliphatic carbocycles. The molecule has 6 rings (SSSR count). The van der Waals surface area contributed by atoms with Gasteiger partial charge in [0.1, 0.15) is 11.6 Å². The van der Waals surface area contributed by atoms with E-state index in [1.54, 1.807) is 13.2 Å². The molecule has 3 N–H and O–H groups in total. The van der Waals surface area contributed by atoms with Crippen molar-refractivity contribution in [3.8, 4) is 0 Å². The number of rotatable bonds is 11. The summed E-state index contributed by atoms with van der Waals surface area (Å²) in [6.45, 7) is 7.13. The Morgan fingerprint density at radius 2 is 1.89 bits per heavy atom. The molecule has 15 heteroatoms. The maximum atomic E-state index is 13.8. The smallest absolute Gasteiger partial charge is 0.258 e. The predicted molar refractivity (Wildman–Crippen MR) is 169 cm³/mol. The van der Waals surface area contributed by atoms with Crippen molar-refractivity contribution >= 4 is 33.1 Å². The summed E-state index contributed by atoms with van der Waals surface area (Å²) in [6.07, 6.45) is 1.23. The highest BCUT2D eigenvalue weighted by Crippen LogP contribution is 2.31. The molecule has 1 amide bonds. The van der Waals surface area contributed by atoms with Gasteiger partial charge in [-0.3, -0.25) is 14.8 Å². The van der Waals surface area contributed by atoms with Crippen LogP contribution in [0.25, 0.3) is 0 Å². The van der Waals surface area contributed by atoms with Crippen molar-refractivity contribution in [3.05, 3.63) is 64.9 Å². The summed E-state index contributed by atoms with van der Waals surface area (Å²) < 4.78 is 66.1. The van der Waals surface area contributed by atoms with Crippen LogP contribution in [0.15, 0.2) is 41.3 Å². The Kier molecular flexibility index (Phi) is 9.84. The first-order valence-electron chi connectivity index (χ1n) is 15.5. The number of aromatic amines is 1. The van der Waals surface area contributed by atoms with E-state index in [0.717, 1.165) is 67.9 Å². The predicted octanol–water partition coefficient (Wildman–Crippen LogP) is 2.90. The van der Waals surface area contributed by atoms with Gasteiger partial charge in [-0.2, -0.15) is 9.40 Å². The standard InChI is InChI=1S/C31H39F2N7O5S/c1-44-13-11-38-7-9-39(10-8-38)24-2-3-26(29(17-24)34-18-21-5-12-45-20-21)31(41)35-30-27-19-40(6-4-28(27)36-37-30)46(42,43)25-15-22(32)14-23(33)16-25/h2-3,14-17,21,34H,4-13,18-20H2,1H3,(H2,35,36,37,41). The van der Waals surface area contributed by atoms with E-state index in [1.807, 2.05) is 12.1 Å². The van der Waals surface area contributed by atoms with Gasteiger partial charge in [0.25, 0.3) is 5.91 Å². The Bertz CT molecular complexity index is 1640. The molecule has 2 aromatic carbocycles. The second-order valence-electron chi connectivity index (χ2n) is 11.8. The fraction of sp³-hybridized carbons (Fsp3) is 0.484. The minimum atomic E-state index is -4.21. The summed E-state index contributed by atoms with van der Waals surface area (Å²) in [6, 6.07) is 7.95. The molecule has 3 aromatic rings. The number of carbonyl (C=O) groups is 1. The van der Waals surface area contributed by atoms with Gasteiger partial charge in [0.15, 0.2) is 5.82 Å². The molecule has 1 atom stereocenters. The van der Waals surface area contributed by atoms with Crippen LogP contribution in [0, 0.1) is 17.6 Å². The zero-order valence-electron chi connectivity index (χ0n) is 25.7. The molecule has 0 radical (unpaired) electrons. The summed E-state index contributed by atoms with van der Waals surface area (Å²) in [5.74, 6) is -1.82. The SMILES string of the molecule is COCCN1CCN(c2ccc(C(=O)Nc3n[nH]c4c3CN(S(=O)(=O)c3cc(F)cc(F)c3)CC4)c(NCC3CCOC3)c2)CC1. The molecule has 3 aliphatic rings. The fourth-order valence-electron chi connectivity index (χ4n) is 6.10. The van der Waals surface area contributed by atoms with Crippen LogP contribution in [-0.2, 0) is 32.5 Å². The Hall–Kier alpha value is -3.63. The van der Waals surface area contributed by atoms with Crippen LogP contribution in [0.2, 0.25) is 0 Å². The molecule has 0 bridgehead atoms. The molecule has 12 nitrogen and oxygen atoms in total. The first-order valence-corrected chi connectivity index (χ1v) is 16.9. The molecule has 2 saturated heterocycles. The topological polar surface area (TPSA) is 132 Å². The molecule has 248 valence electrons. The van der Waals surface area contributed by atoms with Crippen LogP contribution in [0.4, 0.5) is 26.0 Å². The van der Waals surface area contributed by atoms with Crippen LogP contribution >= 0.6 is 0 Å². The number of ether oxygens (including phenoxy) is 2. The molecule has 3 aliphatic heterocycles. The number of hydrogen-bond donors (Lipinski definition) is 3. The number of nitrogens with zero attached hydrogens (tertiary/aromatic N) is 4. The number of nitrogens with one attached hydrogen (secondary N) is 3. The maximum Gasteiger partial charge on any atom is 0.258 e. The first-order chi connectivity index (χ1) is 22.2. The van der Waals surface area contributed by atoms with Crippen LogP contribution in [0.1, 0.15) is 28.0 Å². The van der Waals surface area contributed by atoms with E-state index in [4.69, 9.17) is 9.47 Å². The lowest BCUT2D eigenvalue weighted by molar-refractivity contribution is 0.102. The number of aromatic nitrogens is 2. The Morgan fingerprint density at radius 1 is 1.11 bits per heavy atom. The first kappa shape index (κ1) is 32.3. The molecule has 4 heterocycles. The van der Waals surface area contributed by atoms with E-state index < -0.39 is 32.5 Å². The largest absolute Gasteiger partial charge is 0.384 e. The van der Waals surface area contributed by atoms with Crippen LogP contribution in [-0.4, -0.2) is 106 Å². The van der Waals surface area contributed by atoms with E-state index in [2.05, 4.69) is 30.6 Å². The van der Waals surface area contributed by atoms with Crippen molar-refractivity contribution in [1.29, 1.82) is 0 Å². The van der Waals surface area contributed by atoms with Gasteiger partial charge in [-0.1, -0.05) is 0 Å². The van der Waals surface area contributed by atoms with E-state index in [1.165, 1.54) is 0 Å². The number of sulfonamides is 1. The summed E-state index contributed by atoms with van der Waals surface area (Å²) in [7, 11) is -2.50. The highest BCUT2D eigenvalue weighted by Gasteiger charge is 2.32. The molecule has 0 spiro atoms. The number of H-pyrrole nitrogens is 1. The lowest BCUT2D eigenvalue weighted by Crippen LogP contribution is -2.47. The second kappa shape index (κ2) is 14.0. The van der Waals surface area contributed by atoms with Gasteiger partial charge >= 0.3 is 0 Å². The second-order valence-corrected chi connectivity index (χ2v) is 13.8. The molecule has 1 unspecified atom stereocenters. The lowest BCUT2D eigenvalue weighted by Gasteiger charge is -2.36. The number of halogens is 2. The Labute approximate surface area is 267 Å². The minimum absolute atomic E-state index is 0.0874. The number of methoxy groups -OCH3 is 1. The number of fused-ring (bicyclic) bond motifs is 1. The average molecular weight is 660 g/mol. The van der Waals surface area contributed by atoms with Gasteiger partial charge in [-0.25, -0.2) is 17.2 Å². The number of carbonyl (C=O) groups excluding carboxylic acids is 1. The van der Waals surface area contributed by atoms with E-state index in [9.17, 15) is 22.0 Å². The Balaban J connectivity index is 1.20. The molecule has 1 aromatic heterocycles. The van der Waals surface area contributed by atoms with E-state index >= 15 is 0 Å². The number of hydrogen-bond acceptors (Lipinski definition) is 9. The molecular weight excluding hydrogens is 620 g/mol. The average Bonchev–Trinajstić information content (AvgIpc) is 3.72. The molecule has 2 fully saturated rings. The molecule has 0 saturated carbocycles.